The van der Waals surface area contributed by atoms with E-state index in [1.54, 1.807) is 30.3 Å². The van der Waals surface area contributed by atoms with Crippen LogP contribution in [-0.4, -0.2) is 72.7 Å². The molecular weight excluding hydrogens is 512 g/mol. The van der Waals surface area contributed by atoms with Gasteiger partial charge in [-0.05, 0) is 49.8 Å². The molecule has 3 amide bonds. The molecule has 0 radical (unpaired) electrons. The van der Waals surface area contributed by atoms with Gasteiger partial charge in [0.05, 0.1) is 11.4 Å². The van der Waals surface area contributed by atoms with Crippen molar-refractivity contribution in [1.29, 1.82) is 0 Å². The Kier molecular flexibility index (Phi) is 10.4. The average molecular weight is 555 g/mol. The lowest BCUT2D eigenvalue weighted by molar-refractivity contribution is -0.135. The van der Waals surface area contributed by atoms with Crippen molar-refractivity contribution in [3.05, 3.63) is 66.2 Å². The highest BCUT2D eigenvalue weighted by atomic mass is 32.2. The zero-order valence-electron chi connectivity index (χ0n) is 23.0. The fraction of sp³-hybridized carbons (Fsp3) is 0.533. The molecule has 8 nitrogen and oxygen atoms in total. The summed E-state index contributed by atoms with van der Waals surface area (Å²) in [5.41, 5.74) is 0.997. The molecule has 0 spiro atoms. The second-order valence-electron chi connectivity index (χ2n) is 10.7. The molecule has 2 aliphatic rings. The SMILES string of the molecule is CCCN(CC(=O)N(Cc1ccccc1)C1CCN(C(=O)NC2CCCCC2)CC1)S(=O)(=O)c1ccccc1. The minimum Gasteiger partial charge on any atom is -0.335 e. The van der Waals surface area contributed by atoms with Crippen LogP contribution in [-0.2, 0) is 21.4 Å². The number of benzene rings is 2. The Morgan fingerprint density at radius 2 is 1.51 bits per heavy atom. The van der Waals surface area contributed by atoms with Crippen LogP contribution in [0.5, 0.6) is 0 Å². The second kappa shape index (κ2) is 13.9. The predicted molar refractivity (Wildman–Crippen MR) is 152 cm³/mol. The van der Waals surface area contributed by atoms with E-state index in [4.69, 9.17) is 0 Å². The number of hydrogen-bond donors (Lipinski definition) is 1. The van der Waals surface area contributed by atoms with Gasteiger partial charge in [-0.15, -0.1) is 0 Å². The Balaban J connectivity index is 1.46. The minimum atomic E-state index is -3.80. The molecule has 1 N–H and O–H groups in total. The average Bonchev–Trinajstić information content (AvgIpc) is 2.97. The summed E-state index contributed by atoms with van der Waals surface area (Å²) in [6.07, 6.45) is 7.59. The van der Waals surface area contributed by atoms with E-state index < -0.39 is 10.0 Å². The summed E-state index contributed by atoms with van der Waals surface area (Å²) in [4.78, 5) is 30.6. The molecule has 0 atom stereocenters. The van der Waals surface area contributed by atoms with Gasteiger partial charge < -0.3 is 15.1 Å². The normalized spacial score (nSPS) is 17.2. The summed E-state index contributed by atoms with van der Waals surface area (Å²) in [5, 5.41) is 3.20. The van der Waals surface area contributed by atoms with Crippen molar-refractivity contribution >= 4 is 22.0 Å². The number of rotatable bonds is 10. The summed E-state index contributed by atoms with van der Waals surface area (Å²) in [6.45, 7) is 3.52. The predicted octanol–water partition coefficient (Wildman–Crippen LogP) is 4.62. The molecule has 9 heteroatoms. The number of urea groups is 1. The number of sulfonamides is 1. The zero-order chi connectivity index (χ0) is 27.7. The molecule has 39 heavy (non-hydrogen) atoms. The first-order chi connectivity index (χ1) is 18.9. The maximum Gasteiger partial charge on any atom is 0.317 e. The van der Waals surface area contributed by atoms with Gasteiger partial charge in [0.1, 0.15) is 0 Å². The molecule has 1 saturated heterocycles. The number of carbonyl (C=O) groups excluding carboxylic acids is 2. The summed E-state index contributed by atoms with van der Waals surface area (Å²) in [7, 11) is -3.80. The second-order valence-corrected chi connectivity index (χ2v) is 12.6. The third-order valence-electron chi connectivity index (χ3n) is 7.81. The lowest BCUT2D eigenvalue weighted by Gasteiger charge is -2.40. The first kappa shape index (κ1) is 29.1. The molecule has 2 aromatic carbocycles. The van der Waals surface area contributed by atoms with Crippen molar-refractivity contribution in [1.82, 2.24) is 19.4 Å². The van der Waals surface area contributed by atoms with Gasteiger partial charge in [0.2, 0.25) is 15.9 Å². The highest BCUT2D eigenvalue weighted by Crippen LogP contribution is 2.23. The number of hydrogen-bond acceptors (Lipinski definition) is 4. The van der Waals surface area contributed by atoms with Crippen LogP contribution in [0.3, 0.4) is 0 Å². The molecule has 2 fully saturated rings. The first-order valence-electron chi connectivity index (χ1n) is 14.3. The molecular formula is C30H42N4O4S. The molecule has 1 aliphatic carbocycles. The van der Waals surface area contributed by atoms with E-state index in [1.165, 1.54) is 23.6 Å². The summed E-state index contributed by atoms with van der Waals surface area (Å²) in [6, 6.07) is 18.3. The fourth-order valence-electron chi connectivity index (χ4n) is 5.61. The topological polar surface area (TPSA) is 90.0 Å². The number of nitrogens with zero attached hydrogens (tertiary/aromatic N) is 3. The highest BCUT2D eigenvalue weighted by Gasteiger charge is 2.33. The van der Waals surface area contributed by atoms with E-state index in [1.807, 2.05) is 47.1 Å². The van der Waals surface area contributed by atoms with E-state index in [0.717, 1.165) is 18.4 Å². The van der Waals surface area contributed by atoms with Crippen LogP contribution in [0, 0.1) is 0 Å². The van der Waals surface area contributed by atoms with Crippen LogP contribution in [0.4, 0.5) is 4.79 Å². The van der Waals surface area contributed by atoms with Gasteiger partial charge >= 0.3 is 6.03 Å². The third kappa shape index (κ3) is 7.82. The monoisotopic (exact) mass is 554 g/mol. The summed E-state index contributed by atoms with van der Waals surface area (Å²) in [5.74, 6) is -0.211. The number of nitrogens with one attached hydrogen (secondary N) is 1. The van der Waals surface area contributed by atoms with E-state index in [-0.39, 0.29) is 42.0 Å². The maximum atomic E-state index is 13.8. The van der Waals surface area contributed by atoms with E-state index >= 15 is 0 Å². The van der Waals surface area contributed by atoms with E-state index in [0.29, 0.717) is 38.9 Å². The Morgan fingerprint density at radius 1 is 0.897 bits per heavy atom. The fourth-order valence-corrected chi connectivity index (χ4v) is 7.11. The van der Waals surface area contributed by atoms with Gasteiger partial charge in [0, 0.05) is 38.3 Å². The number of carbonyl (C=O) groups is 2. The van der Waals surface area contributed by atoms with Gasteiger partial charge in [-0.3, -0.25) is 4.79 Å². The standard InChI is InChI=1S/C30H42N4O4S/c1-2-20-33(39(37,38)28-16-10-5-11-17-28)24-29(35)34(23-25-12-6-3-7-13-25)27-18-21-32(22-19-27)30(36)31-26-14-8-4-9-15-26/h3,5-7,10-13,16-17,26-27H,2,4,8-9,14-15,18-24H2,1H3,(H,31,36). The molecule has 2 aromatic rings. The van der Waals surface area contributed by atoms with Crippen molar-refractivity contribution < 1.29 is 18.0 Å². The smallest absolute Gasteiger partial charge is 0.317 e. The van der Waals surface area contributed by atoms with E-state index in [2.05, 4.69) is 5.32 Å². The van der Waals surface area contributed by atoms with Gasteiger partial charge in [-0.2, -0.15) is 4.31 Å². The lowest BCUT2D eigenvalue weighted by atomic mass is 9.95. The Labute approximate surface area is 233 Å². The Bertz CT molecular complexity index is 1160. The zero-order valence-corrected chi connectivity index (χ0v) is 23.8. The number of piperidine rings is 1. The van der Waals surface area contributed by atoms with Crippen molar-refractivity contribution in [3.8, 4) is 0 Å². The van der Waals surface area contributed by atoms with Crippen molar-refractivity contribution in [2.75, 3.05) is 26.2 Å². The molecule has 1 heterocycles. The van der Waals surface area contributed by atoms with Gasteiger partial charge in [-0.1, -0.05) is 74.7 Å². The van der Waals surface area contributed by atoms with Crippen LogP contribution in [0.25, 0.3) is 0 Å². The summed E-state index contributed by atoms with van der Waals surface area (Å²) >= 11 is 0. The van der Waals surface area contributed by atoms with Crippen molar-refractivity contribution in [2.45, 2.75) is 81.8 Å². The van der Waals surface area contributed by atoms with Crippen molar-refractivity contribution in [2.24, 2.45) is 0 Å². The van der Waals surface area contributed by atoms with Crippen LogP contribution < -0.4 is 5.32 Å². The lowest BCUT2D eigenvalue weighted by Crippen LogP contribution is -2.53. The largest absolute Gasteiger partial charge is 0.335 e. The maximum absolute atomic E-state index is 13.8. The quantitative estimate of drug-likeness (QED) is 0.464. The van der Waals surface area contributed by atoms with Gasteiger partial charge in [0.25, 0.3) is 0 Å². The third-order valence-corrected chi connectivity index (χ3v) is 9.67. The van der Waals surface area contributed by atoms with Crippen LogP contribution in [0.15, 0.2) is 65.6 Å². The number of amides is 3. The van der Waals surface area contributed by atoms with Crippen LogP contribution in [0.2, 0.25) is 0 Å². The Morgan fingerprint density at radius 3 is 2.13 bits per heavy atom. The van der Waals surface area contributed by atoms with Crippen molar-refractivity contribution in [3.63, 3.8) is 0 Å². The highest BCUT2D eigenvalue weighted by molar-refractivity contribution is 7.89. The van der Waals surface area contributed by atoms with Gasteiger partial charge in [-0.25, -0.2) is 13.2 Å². The molecule has 212 valence electrons. The van der Waals surface area contributed by atoms with Crippen LogP contribution in [0.1, 0.15) is 63.9 Å². The number of likely N-dealkylation sites (tertiary alicyclic amines) is 1. The Hall–Kier alpha value is -2.91. The molecule has 0 aromatic heterocycles. The van der Waals surface area contributed by atoms with E-state index in [9.17, 15) is 18.0 Å². The van der Waals surface area contributed by atoms with Crippen LogP contribution >= 0.6 is 0 Å². The molecule has 1 aliphatic heterocycles. The molecule has 0 bridgehead atoms. The minimum absolute atomic E-state index is 0.00985. The first-order valence-corrected chi connectivity index (χ1v) is 15.8. The summed E-state index contributed by atoms with van der Waals surface area (Å²) < 4.78 is 28.1. The molecule has 0 unspecified atom stereocenters. The van der Waals surface area contributed by atoms with Gasteiger partial charge in [0.15, 0.2) is 0 Å². The molecule has 4 rings (SSSR count). The molecule has 1 saturated carbocycles.